The topological polar surface area (TPSA) is 18.5 Å². The van der Waals surface area contributed by atoms with Crippen LogP contribution in [0, 0.1) is 0 Å². The molecule has 0 aliphatic carbocycles. The van der Waals surface area contributed by atoms with Crippen molar-refractivity contribution in [3.8, 4) is 0 Å². The zero-order valence-corrected chi connectivity index (χ0v) is 5.10. The molecule has 0 N–H and O–H groups in total. The predicted octanol–water partition coefficient (Wildman–Crippen LogP) is 1.30. The molecule has 0 saturated carbocycles. The minimum Gasteiger partial charge on any atom is -0.382 e. The van der Waals surface area contributed by atoms with E-state index in [9.17, 15) is 0 Å². The van der Waals surface area contributed by atoms with Gasteiger partial charge in [0, 0.05) is 14.2 Å². The summed E-state index contributed by atoms with van der Waals surface area (Å²) in [5.41, 5.74) is 0. The minimum absolute atomic E-state index is 0. The molecule has 1 atom stereocenters. The van der Waals surface area contributed by atoms with Crippen LogP contribution in [0.1, 0.15) is 14.4 Å². The maximum atomic E-state index is 4.87. The third-order valence-electron chi connectivity index (χ3n) is 0.804. The van der Waals surface area contributed by atoms with E-state index in [1.165, 1.54) is 0 Å². The van der Waals surface area contributed by atoms with Crippen LogP contribution in [0.25, 0.3) is 0 Å². The molecule has 0 saturated heterocycles. The fourth-order valence-electron chi connectivity index (χ4n) is 0.303. The van der Waals surface area contributed by atoms with Gasteiger partial charge >= 0.3 is 0 Å². The molecule has 52 valence electrons. The standard InChI is InChI=1S/C5H12O2.CH4/c1-5(7-3)4-6-2;/h5H,4H2,1-3H3;1H4. The molecule has 0 radical (unpaired) electrons. The second-order valence-corrected chi connectivity index (χ2v) is 1.50. The Kier molecular flexibility index (Phi) is 9.36. The lowest BCUT2D eigenvalue weighted by molar-refractivity contribution is 0.0401. The molecule has 0 aliphatic heterocycles. The van der Waals surface area contributed by atoms with Gasteiger partial charge in [-0.1, -0.05) is 7.43 Å². The molecule has 0 spiro atoms. The summed E-state index contributed by atoms with van der Waals surface area (Å²) in [6, 6.07) is 0. The van der Waals surface area contributed by atoms with Crippen molar-refractivity contribution in [2.45, 2.75) is 20.5 Å². The van der Waals surface area contributed by atoms with Gasteiger partial charge in [0.05, 0.1) is 12.7 Å². The van der Waals surface area contributed by atoms with Gasteiger partial charge in [-0.25, -0.2) is 0 Å². The molecule has 2 nitrogen and oxygen atoms in total. The molecule has 0 rings (SSSR count). The molecular formula is C6H16O2. The van der Waals surface area contributed by atoms with Gasteiger partial charge in [0.2, 0.25) is 0 Å². The van der Waals surface area contributed by atoms with Crippen LogP contribution in [0.2, 0.25) is 0 Å². The highest BCUT2D eigenvalue weighted by molar-refractivity contribution is 4.41. The molecule has 2 heteroatoms. The maximum absolute atomic E-state index is 4.87. The Balaban J connectivity index is 0. The van der Waals surface area contributed by atoms with E-state index >= 15 is 0 Å². The van der Waals surface area contributed by atoms with Crippen LogP contribution in [0.15, 0.2) is 0 Å². The second-order valence-electron chi connectivity index (χ2n) is 1.50. The molecule has 1 unspecified atom stereocenters. The van der Waals surface area contributed by atoms with E-state index in [1.807, 2.05) is 6.92 Å². The Morgan fingerprint density at radius 1 is 1.38 bits per heavy atom. The van der Waals surface area contributed by atoms with Crippen LogP contribution in [0.5, 0.6) is 0 Å². The fraction of sp³-hybridized carbons (Fsp3) is 1.00. The van der Waals surface area contributed by atoms with Crippen LogP contribution >= 0.6 is 0 Å². The lowest BCUT2D eigenvalue weighted by atomic mass is 10.4. The van der Waals surface area contributed by atoms with Gasteiger partial charge in [0.15, 0.2) is 0 Å². The number of methoxy groups -OCH3 is 2. The summed E-state index contributed by atoms with van der Waals surface area (Å²) >= 11 is 0. The van der Waals surface area contributed by atoms with Crippen molar-refractivity contribution in [3.63, 3.8) is 0 Å². The van der Waals surface area contributed by atoms with Gasteiger partial charge in [-0.2, -0.15) is 0 Å². The van der Waals surface area contributed by atoms with Gasteiger partial charge in [0.25, 0.3) is 0 Å². The van der Waals surface area contributed by atoms with Crippen LogP contribution in [-0.4, -0.2) is 26.9 Å². The van der Waals surface area contributed by atoms with E-state index in [-0.39, 0.29) is 13.5 Å². The largest absolute Gasteiger partial charge is 0.382 e. The van der Waals surface area contributed by atoms with Gasteiger partial charge in [-0.3, -0.25) is 0 Å². The van der Waals surface area contributed by atoms with Gasteiger partial charge < -0.3 is 9.47 Å². The number of hydrogen-bond acceptors (Lipinski definition) is 2. The minimum atomic E-state index is 0. The molecular weight excluding hydrogens is 104 g/mol. The molecule has 0 aromatic rings. The number of hydrogen-bond donors (Lipinski definition) is 0. The average Bonchev–Trinajstić information content (AvgIpc) is 1.68. The third-order valence-corrected chi connectivity index (χ3v) is 0.804. The SMILES string of the molecule is C.COCC(C)OC. The zero-order chi connectivity index (χ0) is 5.70. The van der Waals surface area contributed by atoms with E-state index in [0.717, 1.165) is 0 Å². The molecule has 8 heavy (non-hydrogen) atoms. The van der Waals surface area contributed by atoms with Crippen molar-refractivity contribution in [2.75, 3.05) is 20.8 Å². The van der Waals surface area contributed by atoms with E-state index in [4.69, 9.17) is 9.47 Å². The van der Waals surface area contributed by atoms with E-state index in [0.29, 0.717) is 6.61 Å². The first kappa shape index (κ1) is 10.8. The van der Waals surface area contributed by atoms with Crippen molar-refractivity contribution in [2.24, 2.45) is 0 Å². The first-order valence-electron chi connectivity index (χ1n) is 2.33. The molecule has 0 fully saturated rings. The normalized spacial score (nSPS) is 12.4. The van der Waals surface area contributed by atoms with Gasteiger partial charge in [0.1, 0.15) is 0 Å². The van der Waals surface area contributed by atoms with Crippen LogP contribution in [0.3, 0.4) is 0 Å². The lowest BCUT2D eigenvalue weighted by Gasteiger charge is -2.05. The Hall–Kier alpha value is -0.0800. The van der Waals surface area contributed by atoms with Crippen molar-refractivity contribution in [3.05, 3.63) is 0 Å². The Labute approximate surface area is 51.8 Å². The van der Waals surface area contributed by atoms with Crippen molar-refractivity contribution in [1.82, 2.24) is 0 Å². The highest BCUT2D eigenvalue weighted by atomic mass is 16.5. The summed E-state index contributed by atoms with van der Waals surface area (Å²) in [6.07, 6.45) is 0.227. The van der Waals surface area contributed by atoms with Crippen molar-refractivity contribution < 1.29 is 9.47 Å². The smallest absolute Gasteiger partial charge is 0.0776 e. The number of rotatable bonds is 3. The first-order chi connectivity index (χ1) is 3.31. The van der Waals surface area contributed by atoms with Gasteiger partial charge in [-0.05, 0) is 6.92 Å². The number of ether oxygens (including phenoxy) is 2. The van der Waals surface area contributed by atoms with E-state index in [2.05, 4.69) is 0 Å². The maximum Gasteiger partial charge on any atom is 0.0776 e. The van der Waals surface area contributed by atoms with E-state index in [1.54, 1.807) is 14.2 Å². The summed E-state index contributed by atoms with van der Waals surface area (Å²) in [6.45, 7) is 2.64. The average molecular weight is 120 g/mol. The van der Waals surface area contributed by atoms with Crippen LogP contribution in [-0.2, 0) is 9.47 Å². The summed E-state index contributed by atoms with van der Waals surface area (Å²) in [4.78, 5) is 0. The third kappa shape index (κ3) is 5.92. The van der Waals surface area contributed by atoms with E-state index < -0.39 is 0 Å². The molecule has 0 aromatic carbocycles. The summed E-state index contributed by atoms with van der Waals surface area (Å²) < 4.78 is 9.64. The molecule has 0 aliphatic rings. The Bertz CT molecular complexity index is 37.5. The highest BCUT2D eigenvalue weighted by Crippen LogP contribution is 1.84. The summed E-state index contributed by atoms with van der Waals surface area (Å²) in [5.74, 6) is 0. The second kappa shape index (κ2) is 6.92. The zero-order valence-electron chi connectivity index (χ0n) is 5.10. The Morgan fingerprint density at radius 2 is 1.88 bits per heavy atom. The predicted molar refractivity (Wildman–Crippen MR) is 35.1 cm³/mol. The van der Waals surface area contributed by atoms with Crippen LogP contribution < -0.4 is 0 Å². The van der Waals surface area contributed by atoms with Crippen LogP contribution in [0.4, 0.5) is 0 Å². The first-order valence-corrected chi connectivity index (χ1v) is 2.33. The van der Waals surface area contributed by atoms with Crippen molar-refractivity contribution >= 4 is 0 Å². The highest BCUT2D eigenvalue weighted by Gasteiger charge is 1.93. The fourth-order valence-corrected chi connectivity index (χ4v) is 0.303. The summed E-state index contributed by atoms with van der Waals surface area (Å²) in [7, 11) is 3.33. The quantitative estimate of drug-likeness (QED) is 0.559. The van der Waals surface area contributed by atoms with Crippen molar-refractivity contribution in [1.29, 1.82) is 0 Å². The summed E-state index contributed by atoms with van der Waals surface area (Å²) in [5, 5.41) is 0. The molecule has 0 amide bonds. The monoisotopic (exact) mass is 120 g/mol. The molecule has 0 bridgehead atoms. The Morgan fingerprint density at radius 3 is 2.00 bits per heavy atom. The lowest BCUT2D eigenvalue weighted by Crippen LogP contribution is -2.11. The molecule has 0 heterocycles. The van der Waals surface area contributed by atoms with Gasteiger partial charge in [-0.15, -0.1) is 0 Å². The molecule has 0 aromatic heterocycles.